The van der Waals surface area contributed by atoms with Crippen molar-refractivity contribution in [3.8, 4) is 0 Å². The molecule has 0 radical (unpaired) electrons. The Morgan fingerprint density at radius 3 is 2.18 bits per heavy atom. The van der Waals surface area contributed by atoms with Crippen molar-refractivity contribution in [2.75, 3.05) is 5.01 Å². The summed E-state index contributed by atoms with van der Waals surface area (Å²) < 4.78 is 0. The molecule has 22 heavy (non-hydrogen) atoms. The van der Waals surface area contributed by atoms with E-state index in [0.29, 0.717) is 12.1 Å². The predicted octanol–water partition coefficient (Wildman–Crippen LogP) is 4.99. The van der Waals surface area contributed by atoms with E-state index in [4.69, 9.17) is 0 Å². The summed E-state index contributed by atoms with van der Waals surface area (Å²) in [6.45, 7) is 7.06. The highest BCUT2D eigenvalue weighted by Gasteiger charge is 2.45. The van der Waals surface area contributed by atoms with Crippen LogP contribution in [0.25, 0.3) is 10.8 Å². The summed E-state index contributed by atoms with van der Waals surface area (Å²) in [6, 6.07) is 16.9. The van der Waals surface area contributed by atoms with Gasteiger partial charge in [0.15, 0.2) is 0 Å². The maximum absolute atomic E-state index is 2.67. The lowest BCUT2D eigenvalue weighted by atomic mass is 9.84. The first-order chi connectivity index (χ1) is 10.6. The Hall–Kier alpha value is -1.54. The molecule has 0 aromatic heterocycles. The van der Waals surface area contributed by atoms with Crippen LogP contribution in [0, 0.1) is 0 Å². The van der Waals surface area contributed by atoms with Crippen LogP contribution in [0.3, 0.4) is 0 Å². The molecule has 2 nitrogen and oxygen atoms in total. The number of hydrazine groups is 1. The number of fused-ring (bicyclic) bond motifs is 4. The van der Waals surface area contributed by atoms with Gasteiger partial charge in [-0.05, 0) is 57.9 Å². The van der Waals surface area contributed by atoms with E-state index < -0.39 is 0 Å². The molecule has 0 atom stereocenters. The van der Waals surface area contributed by atoms with Gasteiger partial charge in [0.05, 0.1) is 5.69 Å². The van der Waals surface area contributed by atoms with Crippen molar-refractivity contribution < 1.29 is 0 Å². The lowest BCUT2D eigenvalue weighted by Gasteiger charge is -2.59. The molecule has 0 unspecified atom stereocenters. The third-order valence-corrected chi connectivity index (χ3v) is 5.29. The Bertz CT molecular complexity index is 672. The third kappa shape index (κ3) is 2.13. The fraction of sp³-hybridized carbons (Fsp3) is 0.500. The number of benzene rings is 2. The van der Waals surface area contributed by atoms with Gasteiger partial charge in [-0.3, -0.25) is 0 Å². The predicted molar refractivity (Wildman–Crippen MR) is 94.1 cm³/mol. The van der Waals surface area contributed by atoms with E-state index in [1.165, 1.54) is 42.1 Å². The van der Waals surface area contributed by atoms with Crippen molar-refractivity contribution in [2.45, 2.75) is 64.1 Å². The van der Waals surface area contributed by atoms with Gasteiger partial charge >= 0.3 is 0 Å². The maximum Gasteiger partial charge on any atom is 0.0604 e. The number of rotatable bonds is 1. The van der Waals surface area contributed by atoms with Crippen LogP contribution in [0.2, 0.25) is 0 Å². The number of hydrogen-bond acceptors (Lipinski definition) is 2. The van der Waals surface area contributed by atoms with Gasteiger partial charge in [-0.2, -0.15) is 0 Å². The largest absolute Gasteiger partial charge is 0.301 e. The molecule has 2 aromatic carbocycles. The van der Waals surface area contributed by atoms with Gasteiger partial charge in [0.25, 0.3) is 0 Å². The zero-order chi connectivity index (χ0) is 15.3. The van der Waals surface area contributed by atoms with Gasteiger partial charge in [0.2, 0.25) is 0 Å². The molecule has 1 aliphatic carbocycles. The Labute approximate surface area is 133 Å². The topological polar surface area (TPSA) is 6.48 Å². The van der Waals surface area contributed by atoms with Crippen LogP contribution < -0.4 is 5.01 Å². The Morgan fingerprint density at radius 2 is 1.45 bits per heavy atom. The minimum atomic E-state index is 0.167. The van der Waals surface area contributed by atoms with Crippen LogP contribution in [0.4, 0.5) is 5.69 Å². The van der Waals surface area contributed by atoms with E-state index in [1.807, 2.05) is 0 Å². The molecule has 0 N–H and O–H groups in total. The van der Waals surface area contributed by atoms with E-state index >= 15 is 0 Å². The zero-order valence-electron chi connectivity index (χ0n) is 13.9. The van der Waals surface area contributed by atoms with E-state index in [-0.39, 0.29) is 5.54 Å². The average molecular weight is 294 g/mol. The fourth-order valence-electron chi connectivity index (χ4n) is 4.49. The highest BCUT2D eigenvalue weighted by Crippen LogP contribution is 2.43. The SMILES string of the molecule is CC(C)(C)N1C2CCC(CC2)N1c1cccc2ccccc12. The summed E-state index contributed by atoms with van der Waals surface area (Å²) in [5.41, 5.74) is 1.56. The highest BCUT2D eigenvalue weighted by molar-refractivity contribution is 5.94. The van der Waals surface area contributed by atoms with Gasteiger partial charge in [0.1, 0.15) is 0 Å². The lowest BCUT2D eigenvalue weighted by Crippen LogP contribution is -2.67. The molecule has 3 fully saturated rings. The molecule has 2 aliphatic heterocycles. The maximum atomic E-state index is 2.67. The molecule has 0 amide bonds. The first-order valence-electron chi connectivity index (χ1n) is 8.62. The second-order valence-electron chi connectivity index (χ2n) is 7.82. The summed E-state index contributed by atoms with van der Waals surface area (Å²) in [6.07, 6.45) is 5.37. The monoisotopic (exact) mass is 294 g/mol. The van der Waals surface area contributed by atoms with E-state index in [9.17, 15) is 0 Å². The van der Waals surface area contributed by atoms with Crippen LogP contribution in [0.15, 0.2) is 42.5 Å². The summed E-state index contributed by atoms with van der Waals surface area (Å²) in [4.78, 5) is 0. The zero-order valence-corrected chi connectivity index (χ0v) is 13.9. The fourth-order valence-corrected chi connectivity index (χ4v) is 4.49. The van der Waals surface area contributed by atoms with Gasteiger partial charge in [-0.15, -0.1) is 0 Å². The first kappa shape index (κ1) is 14.1. The number of hydrogen-bond donors (Lipinski definition) is 0. The lowest BCUT2D eigenvalue weighted by molar-refractivity contribution is -0.0140. The summed E-state index contributed by atoms with van der Waals surface area (Å²) in [5.74, 6) is 0. The quantitative estimate of drug-likeness (QED) is 0.731. The van der Waals surface area contributed by atoms with Crippen molar-refractivity contribution in [2.24, 2.45) is 0 Å². The minimum Gasteiger partial charge on any atom is -0.301 e. The van der Waals surface area contributed by atoms with Crippen molar-refractivity contribution >= 4 is 16.5 Å². The molecule has 2 bridgehead atoms. The molecule has 116 valence electrons. The standard InChI is InChI=1S/C20H26N2/c1-20(2,3)22-17-13-11-16(12-14-17)21(22)19-10-6-8-15-7-4-5-9-18(15)19/h4-10,16-17H,11-14H2,1-3H3. The molecular weight excluding hydrogens is 268 g/mol. The third-order valence-electron chi connectivity index (χ3n) is 5.29. The Balaban J connectivity index is 1.88. The molecule has 2 aromatic rings. The van der Waals surface area contributed by atoms with Gasteiger partial charge in [0, 0.05) is 23.0 Å². The molecule has 2 heterocycles. The molecule has 0 spiro atoms. The summed E-state index contributed by atoms with van der Waals surface area (Å²) >= 11 is 0. The number of anilines is 1. The highest BCUT2D eigenvalue weighted by atomic mass is 15.7. The second-order valence-corrected chi connectivity index (χ2v) is 7.82. The molecule has 2 saturated heterocycles. The molecule has 1 saturated carbocycles. The van der Waals surface area contributed by atoms with Crippen LogP contribution in [0.5, 0.6) is 0 Å². The Morgan fingerprint density at radius 1 is 0.818 bits per heavy atom. The summed E-state index contributed by atoms with van der Waals surface area (Å²) in [7, 11) is 0. The normalized spacial score (nSPS) is 25.9. The first-order valence-corrected chi connectivity index (χ1v) is 8.62. The summed E-state index contributed by atoms with van der Waals surface area (Å²) in [5, 5.41) is 8.04. The second kappa shape index (κ2) is 4.99. The molecule has 3 aliphatic rings. The van der Waals surface area contributed by atoms with E-state index in [2.05, 4.69) is 73.3 Å². The van der Waals surface area contributed by atoms with Crippen molar-refractivity contribution in [1.82, 2.24) is 5.01 Å². The smallest absolute Gasteiger partial charge is 0.0604 e. The average Bonchev–Trinajstić information content (AvgIpc) is 2.54. The van der Waals surface area contributed by atoms with Crippen LogP contribution in [-0.2, 0) is 0 Å². The van der Waals surface area contributed by atoms with Crippen molar-refractivity contribution in [3.05, 3.63) is 42.5 Å². The van der Waals surface area contributed by atoms with E-state index in [1.54, 1.807) is 0 Å². The van der Waals surface area contributed by atoms with Gasteiger partial charge < -0.3 is 5.01 Å². The Kier molecular flexibility index (Phi) is 3.19. The van der Waals surface area contributed by atoms with Gasteiger partial charge in [-0.1, -0.05) is 36.4 Å². The van der Waals surface area contributed by atoms with Crippen molar-refractivity contribution in [1.29, 1.82) is 0 Å². The molecule has 5 rings (SSSR count). The van der Waals surface area contributed by atoms with E-state index in [0.717, 1.165) is 0 Å². The van der Waals surface area contributed by atoms with Crippen LogP contribution in [-0.4, -0.2) is 22.6 Å². The minimum absolute atomic E-state index is 0.167. The van der Waals surface area contributed by atoms with Crippen molar-refractivity contribution in [3.63, 3.8) is 0 Å². The molecule has 2 heteroatoms. The van der Waals surface area contributed by atoms with Crippen LogP contribution in [0.1, 0.15) is 46.5 Å². The number of nitrogens with zero attached hydrogens (tertiary/aromatic N) is 2. The van der Waals surface area contributed by atoms with Crippen LogP contribution >= 0.6 is 0 Å². The van der Waals surface area contributed by atoms with Gasteiger partial charge in [-0.25, -0.2) is 5.01 Å². The molecular formula is C20H26N2.